The van der Waals surface area contributed by atoms with Gasteiger partial charge in [0.15, 0.2) is 0 Å². The van der Waals surface area contributed by atoms with Gasteiger partial charge in [0, 0.05) is 19.1 Å². The molecule has 0 aliphatic heterocycles. The first-order valence-corrected chi connectivity index (χ1v) is 6.94. The molecule has 1 aromatic rings. The summed E-state index contributed by atoms with van der Waals surface area (Å²) in [5.74, 6) is 0.981. The van der Waals surface area contributed by atoms with Gasteiger partial charge in [-0.15, -0.1) is 0 Å². The Morgan fingerprint density at radius 1 is 1.39 bits per heavy atom. The summed E-state index contributed by atoms with van der Waals surface area (Å²) in [7, 11) is 1.96. The summed E-state index contributed by atoms with van der Waals surface area (Å²) < 4.78 is 5.83. The second-order valence-electron chi connectivity index (χ2n) is 4.89. The minimum absolute atomic E-state index is 0.785. The molecule has 0 atom stereocenters. The first-order valence-electron chi connectivity index (χ1n) is 6.94. The molecule has 1 fully saturated rings. The van der Waals surface area contributed by atoms with Gasteiger partial charge in [0.05, 0.1) is 0 Å². The Hall–Kier alpha value is -1.06. The standard InChI is InChI=1S/C15H24N2O/c1-3-17(14-7-8-14)9-10-18-15-6-4-5-13(11-15)12-16-2/h4-6,11,14,16H,3,7-10,12H2,1-2H3. The van der Waals surface area contributed by atoms with E-state index in [9.17, 15) is 0 Å². The van der Waals surface area contributed by atoms with Gasteiger partial charge in [-0.2, -0.15) is 0 Å². The summed E-state index contributed by atoms with van der Waals surface area (Å²) in [6.07, 6.45) is 2.73. The van der Waals surface area contributed by atoms with Crippen LogP contribution in [0.3, 0.4) is 0 Å². The highest BCUT2D eigenvalue weighted by Crippen LogP contribution is 2.26. The summed E-state index contributed by atoms with van der Waals surface area (Å²) >= 11 is 0. The predicted molar refractivity (Wildman–Crippen MR) is 75.0 cm³/mol. The van der Waals surface area contributed by atoms with Crippen molar-refractivity contribution < 1.29 is 4.74 Å². The molecule has 0 radical (unpaired) electrons. The minimum atomic E-state index is 0.785. The van der Waals surface area contributed by atoms with Crippen molar-refractivity contribution in [1.29, 1.82) is 0 Å². The lowest BCUT2D eigenvalue weighted by atomic mass is 10.2. The Labute approximate surface area is 110 Å². The maximum Gasteiger partial charge on any atom is 0.119 e. The molecular formula is C15H24N2O. The zero-order valence-corrected chi connectivity index (χ0v) is 11.5. The number of nitrogens with one attached hydrogen (secondary N) is 1. The van der Waals surface area contributed by atoms with Crippen molar-refractivity contribution in [3.05, 3.63) is 29.8 Å². The second-order valence-corrected chi connectivity index (χ2v) is 4.89. The quantitative estimate of drug-likeness (QED) is 0.764. The third kappa shape index (κ3) is 4.00. The van der Waals surface area contributed by atoms with Crippen LogP contribution < -0.4 is 10.1 Å². The zero-order chi connectivity index (χ0) is 12.8. The van der Waals surface area contributed by atoms with Gasteiger partial charge in [-0.25, -0.2) is 0 Å². The average Bonchev–Trinajstić information content (AvgIpc) is 3.20. The van der Waals surface area contributed by atoms with Crippen molar-refractivity contribution in [2.75, 3.05) is 26.7 Å². The SMILES string of the molecule is CCN(CCOc1cccc(CNC)c1)C1CC1. The summed E-state index contributed by atoms with van der Waals surface area (Å²) in [4.78, 5) is 2.51. The predicted octanol–water partition coefficient (Wildman–Crippen LogP) is 2.27. The largest absolute Gasteiger partial charge is 0.492 e. The first-order chi connectivity index (χ1) is 8.83. The molecule has 0 spiro atoms. The Balaban J connectivity index is 1.76. The number of nitrogens with zero attached hydrogens (tertiary/aromatic N) is 1. The van der Waals surface area contributed by atoms with E-state index in [2.05, 4.69) is 35.3 Å². The monoisotopic (exact) mass is 248 g/mol. The van der Waals surface area contributed by atoms with Crippen LogP contribution in [0, 0.1) is 0 Å². The molecule has 1 aliphatic rings. The Morgan fingerprint density at radius 3 is 2.89 bits per heavy atom. The lowest BCUT2D eigenvalue weighted by Gasteiger charge is -2.19. The summed E-state index contributed by atoms with van der Waals surface area (Å²) in [6.45, 7) is 6.07. The van der Waals surface area contributed by atoms with Crippen molar-refractivity contribution in [2.45, 2.75) is 32.4 Å². The highest BCUT2D eigenvalue weighted by atomic mass is 16.5. The Kier molecular flexibility index (Phi) is 5.02. The molecule has 1 aliphatic carbocycles. The topological polar surface area (TPSA) is 24.5 Å². The van der Waals surface area contributed by atoms with Crippen molar-refractivity contribution >= 4 is 0 Å². The molecule has 18 heavy (non-hydrogen) atoms. The van der Waals surface area contributed by atoms with Crippen LogP contribution in [-0.2, 0) is 6.54 Å². The van der Waals surface area contributed by atoms with Crippen LogP contribution in [0.15, 0.2) is 24.3 Å². The lowest BCUT2D eigenvalue weighted by molar-refractivity contribution is 0.209. The zero-order valence-electron chi connectivity index (χ0n) is 11.5. The fraction of sp³-hybridized carbons (Fsp3) is 0.600. The van der Waals surface area contributed by atoms with E-state index in [4.69, 9.17) is 4.74 Å². The highest BCUT2D eigenvalue weighted by molar-refractivity contribution is 5.28. The molecule has 0 aromatic heterocycles. The first kappa shape index (κ1) is 13.4. The molecule has 2 rings (SSSR count). The number of hydrogen-bond donors (Lipinski definition) is 1. The van der Waals surface area contributed by atoms with Crippen molar-refractivity contribution in [3.8, 4) is 5.75 Å². The van der Waals surface area contributed by atoms with E-state index in [-0.39, 0.29) is 0 Å². The fourth-order valence-corrected chi connectivity index (χ4v) is 2.27. The van der Waals surface area contributed by atoms with Crippen LogP contribution in [-0.4, -0.2) is 37.7 Å². The Morgan fingerprint density at radius 2 is 2.22 bits per heavy atom. The molecule has 3 nitrogen and oxygen atoms in total. The van der Waals surface area contributed by atoms with Gasteiger partial charge in [0.1, 0.15) is 12.4 Å². The number of ether oxygens (including phenoxy) is 1. The Bertz CT molecular complexity index is 363. The molecule has 1 saturated carbocycles. The molecule has 3 heteroatoms. The number of hydrogen-bond acceptors (Lipinski definition) is 3. The smallest absolute Gasteiger partial charge is 0.119 e. The van der Waals surface area contributed by atoms with Gasteiger partial charge in [-0.05, 0) is 44.1 Å². The van der Waals surface area contributed by atoms with Gasteiger partial charge in [0.2, 0.25) is 0 Å². The van der Waals surface area contributed by atoms with E-state index in [0.717, 1.165) is 38.0 Å². The molecule has 0 saturated heterocycles. The highest BCUT2D eigenvalue weighted by Gasteiger charge is 2.27. The maximum absolute atomic E-state index is 5.83. The molecule has 0 bridgehead atoms. The summed E-state index contributed by atoms with van der Waals surface area (Å²) in [5, 5.41) is 3.15. The molecular weight excluding hydrogens is 224 g/mol. The van der Waals surface area contributed by atoms with E-state index in [0.29, 0.717) is 0 Å². The third-order valence-corrected chi connectivity index (χ3v) is 3.40. The lowest BCUT2D eigenvalue weighted by Crippen LogP contribution is -2.30. The van der Waals surface area contributed by atoms with Gasteiger partial charge in [0.25, 0.3) is 0 Å². The van der Waals surface area contributed by atoms with Crippen molar-refractivity contribution in [2.24, 2.45) is 0 Å². The van der Waals surface area contributed by atoms with E-state index >= 15 is 0 Å². The second kappa shape index (κ2) is 6.76. The molecule has 0 amide bonds. The number of benzene rings is 1. The van der Waals surface area contributed by atoms with Crippen LogP contribution in [0.4, 0.5) is 0 Å². The van der Waals surface area contributed by atoms with Crippen molar-refractivity contribution in [1.82, 2.24) is 10.2 Å². The van der Waals surface area contributed by atoms with E-state index < -0.39 is 0 Å². The normalized spacial score (nSPS) is 15.1. The minimum Gasteiger partial charge on any atom is -0.492 e. The van der Waals surface area contributed by atoms with Crippen molar-refractivity contribution in [3.63, 3.8) is 0 Å². The van der Waals surface area contributed by atoms with Gasteiger partial charge in [-0.1, -0.05) is 19.1 Å². The summed E-state index contributed by atoms with van der Waals surface area (Å²) in [6, 6.07) is 9.15. The number of rotatable bonds is 8. The molecule has 100 valence electrons. The average molecular weight is 248 g/mol. The van der Waals surface area contributed by atoms with Crippen LogP contribution in [0.25, 0.3) is 0 Å². The molecule has 0 unspecified atom stereocenters. The fourth-order valence-electron chi connectivity index (χ4n) is 2.27. The van der Waals surface area contributed by atoms with Gasteiger partial charge in [-0.3, -0.25) is 4.90 Å². The molecule has 1 N–H and O–H groups in total. The van der Waals surface area contributed by atoms with E-state index in [1.165, 1.54) is 18.4 Å². The van der Waals surface area contributed by atoms with Crippen LogP contribution in [0.2, 0.25) is 0 Å². The van der Waals surface area contributed by atoms with Crippen LogP contribution >= 0.6 is 0 Å². The third-order valence-electron chi connectivity index (χ3n) is 3.40. The van der Waals surface area contributed by atoms with Crippen LogP contribution in [0.5, 0.6) is 5.75 Å². The maximum atomic E-state index is 5.83. The van der Waals surface area contributed by atoms with Gasteiger partial charge < -0.3 is 10.1 Å². The van der Waals surface area contributed by atoms with E-state index in [1.807, 2.05) is 13.1 Å². The molecule has 0 heterocycles. The summed E-state index contributed by atoms with van der Waals surface area (Å²) in [5.41, 5.74) is 1.27. The van der Waals surface area contributed by atoms with Gasteiger partial charge >= 0.3 is 0 Å². The van der Waals surface area contributed by atoms with E-state index in [1.54, 1.807) is 0 Å². The number of likely N-dealkylation sites (N-methyl/N-ethyl adjacent to an activating group) is 1. The molecule has 1 aromatic carbocycles. The van der Waals surface area contributed by atoms with Crippen LogP contribution in [0.1, 0.15) is 25.3 Å².